The van der Waals surface area contributed by atoms with Crippen LogP contribution in [0, 0.1) is 0 Å². The molecule has 3 aliphatic rings. The smallest absolute Gasteiger partial charge is 0.264 e. The molecule has 35 heavy (non-hydrogen) atoms. The van der Waals surface area contributed by atoms with E-state index in [1.54, 1.807) is 42.6 Å². The molecule has 5 rings (SSSR count). The molecule has 0 radical (unpaired) electrons. The molecule has 0 spiro atoms. The van der Waals surface area contributed by atoms with Gasteiger partial charge < -0.3 is 4.90 Å². The van der Waals surface area contributed by atoms with Gasteiger partial charge in [0.1, 0.15) is 4.90 Å². The Kier molecular flexibility index (Phi) is 6.79. The summed E-state index contributed by atoms with van der Waals surface area (Å²) < 4.78 is 28.7. The molecule has 2 aromatic carbocycles. The number of anilines is 1. The zero-order valence-electron chi connectivity index (χ0n) is 19.6. The largest absolute Gasteiger partial charge is 0.336 e. The lowest BCUT2D eigenvalue weighted by Crippen LogP contribution is -2.49. The van der Waals surface area contributed by atoms with Crippen LogP contribution < -0.4 is 4.72 Å². The monoisotopic (exact) mass is 491 g/mol. The Hall–Kier alpha value is -3.30. The van der Waals surface area contributed by atoms with Crippen LogP contribution in [0.3, 0.4) is 0 Å². The molecule has 1 amide bonds. The van der Waals surface area contributed by atoms with Crippen molar-refractivity contribution in [2.24, 2.45) is 9.98 Å². The Morgan fingerprint density at radius 1 is 1.00 bits per heavy atom. The van der Waals surface area contributed by atoms with Gasteiger partial charge >= 0.3 is 0 Å². The molecule has 182 valence electrons. The summed E-state index contributed by atoms with van der Waals surface area (Å²) in [4.78, 5) is 26.0. The molecular weight excluding hydrogens is 462 g/mol. The Labute approximate surface area is 206 Å². The number of hydrogen-bond acceptors (Lipinski definition) is 6. The van der Waals surface area contributed by atoms with Gasteiger partial charge in [0.05, 0.1) is 5.69 Å². The third-order valence-electron chi connectivity index (χ3n) is 6.51. The van der Waals surface area contributed by atoms with E-state index in [2.05, 4.69) is 25.7 Å². The van der Waals surface area contributed by atoms with Crippen molar-refractivity contribution in [3.8, 4) is 0 Å². The second-order valence-electron chi connectivity index (χ2n) is 8.97. The summed E-state index contributed by atoms with van der Waals surface area (Å²) >= 11 is 0. The van der Waals surface area contributed by atoms with Gasteiger partial charge in [0.2, 0.25) is 0 Å². The molecule has 9 heteroatoms. The first-order chi connectivity index (χ1) is 17.0. The van der Waals surface area contributed by atoms with Crippen LogP contribution >= 0.6 is 0 Å². The summed E-state index contributed by atoms with van der Waals surface area (Å²) in [6.45, 7) is 4.71. The number of carbonyl (C=O) groups is 1. The highest BCUT2D eigenvalue weighted by atomic mass is 32.2. The van der Waals surface area contributed by atoms with Gasteiger partial charge in [-0.25, -0.2) is 8.42 Å². The summed E-state index contributed by atoms with van der Waals surface area (Å²) in [5.41, 5.74) is 3.64. The summed E-state index contributed by atoms with van der Waals surface area (Å²) in [6, 6.07) is 11.8. The van der Waals surface area contributed by atoms with E-state index in [1.165, 1.54) is 5.57 Å². The molecule has 1 fully saturated rings. The maximum atomic E-state index is 13.0. The van der Waals surface area contributed by atoms with E-state index in [1.807, 2.05) is 17.2 Å². The van der Waals surface area contributed by atoms with E-state index in [0.717, 1.165) is 51.0 Å². The molecule has 0 unspecified atom stereocenters. The Balaban J connectivity index is 1.20. The van der Waals surface area contributed by atoms with Crippen molar-refractivity contribution in [2.75, 3.05) is 44.0 Å². The third kappa shape index (κ3) is 5.36. The van der Waals surface area contributed by atoms with Crippen molar-refractivity contribution in [1.29, 1.82) is 0 Å². The molecule has 0 bridgehead atoms. The number of nitrogens with zero attached hydrogens (tertiary/aromatic N) is 4. The fraction of sp³-hybridized carbons (Fsp3) is 0.346. The van der Waals surface area contributed by atoms with Crippen LogP contribution in [0.5, 0.6) is 0 Å². The number of piperazine rings is 1. The second-order valence-corrected chi connectivity index (χ2v) is 10.6. The highest BCUT2D eigenvalue weighted by Gasteiger charge is 2.24. The second kappa shape index (κ2) is 10.1. The highest BCUT2D eigenvalue weighted by molar-refractivity contribution is 7.92. The van der Waals surface area contributed by atoms with Crippen molar-refractivity contribution in [2.45, 2.75) is 24.2 Å². The Bertz CT molecular complexity index is 1290. The molecule has 8 nitrogen and oxygen atoms in total. The average Bonchev–Trinajstić information content (AvgIpc) is 2.89. The van der Waals surface area contributed by atoms with Crippen LogP contribution in [-0.2, 0) is 16.4 Å². The maximum Gasteiger partial charge on any atom is 0.264 e. The van der Waals surface area contributed by atoms with Gasteiger partial charge in [0, 0.05) is 62.9 Å². The van der Waals surface area contributed by atoms with Crippen LogP contribution in [0.4, 0.5) is 11.4 Å². The zero-order valence-corrected chi connectivity index (χ0v) is 20.4. The van der Waals surface area contributed by atoms with Crippen LogP contribution in [-0.4, -0.2) is 75.8 Å². The summed E-state index contributed by atoms with van der Waals surface area (Å²) in [5.74, 6) is -0.0380. The third-order valence-corrected chi connectivity index (χ3v) is 7.92. The van der Waals surface area contributed by atoms with Gasteiger partial charge in [-0.15, -0.1) is 0 Å². The van der Waals surface area contributed by atoms with Gasteiger partial charge in [-0.2, -0.15) is 0 Å². The van der Waals surface area contributed by atoms with Crippen LogP contribution in [0.25, 0.3) is 0 Å². The van der Waals surface area contributed by atoms with Gasteiger partial charge in [-0.05, 0) is 60.7 Å². The number of fused-ring (bicyclic) bond motifs is 1. The van der Waals surface area contributed by atoms with Gasteiger partial charge in [-0.1, -0.05) is 18.2 Å². The lowest BCUT2D eigenvalue weighted by atomic mass is 10.1. The first kappa shape index (κ1) is 23.4. The molecule has 0 aromatic heterocycles. The SMILES string of the molecule is O=C(c1ccc(NS(=O)(=O)c2cccc3c2N=CCC3)cc1)N1CCN(CC2=CCCN=C2)CC1. The van der Waals surface area contributed by atoms with Gasteiger partial charge in [-0.3, -0.25) is 24.4 Å². The number of dihydropyridines is 1. The minimum Gasteiger partial charge on any atom is -0.336 e. The van der Waals surface area contributed by atoms with E-state index < -0.39 is 10.0 Å². The van der Waals surface area contributed by atoms with Crippen molar-refractivity contribution in [3.63, 3.8) is 0 Å². The molecule has 0 saturated carbocycles. The number of carbonyl (C=O) groups excluding carboxylic acids is 1. The fourth-order valence-electron chi connectivity index (χ4n) is 4.61. The molecule has 3 heterocycles. The topological polar surface area (TPSA) is 94.4 Å². The lowest BCUT2D eigenvalue weighted by Gasteiger charge is -2.35. The predicted molar refractivity (Wildman–Crippen MR) is 139 cm³/mol. The molecular formula is C26H29N5O3S. The van der Waals surface area contributed by atoms with E-state index in [-0.39, 0.29) is 10.8 Å². The minimum absolute atomic E-state index is 0.0380. The first-order valence-electron chi connectivity index (χ1n) is 12.0. The molecule has 0 aliphatic carbocycles. The van der Waals surface area contributed by atoms with E-state index in [9.17, 15) is 13.2 Å². The number of sulfonamides is 1. The fourth-order valence-corrected chi connectivity index (χ4v) is 5.87. The summed E-state index contributed by atoms with van der Waals surface area (Å²) in [7, 11) is -3.81. The van der Waals surface area contributed by atoms with Gasteiger partial charge in [0.15, 0.2) is 0 Å². The molecule has 1 N–H and O–H groups in total. The van der Waals surface area contributed by atoms with E-state index in [4.69, 9.17) is 0 Å². The van der Waals surface area contributed by atoms with Crippen molar-refractivity contribution < 1.29 is 13.2 Å². The normalized spacial score (nSPS) is 18.2. The van der Waals surface area contributed by atoms with Gasteiger partial charge in [0.25, 0.3) is 15.9 Å². The number of benzene rings is 2. The van der Waals surface area contributed by atoms with Crippen LogP contribution in [0.1, 0.15) is 28.8 Å². The standard InChI is InChI=1S/C26H29N5O3S/c32-26(31-16-14-30(15-17-31)19-20-4-2-12-27-18-20)22-8-10-23(11-9-22)29-35(33,34)24-7-1-5-21-6-3-13-28-25(21)24/h1,4-5,7-11,13,18,29H,2-3,6,12,14-17,19H2. The Morgan fingerprint density at radius 2 is 1.80 bits per heavy atom. The molecule has 2 aromatic rings. The molecule has 1 saturated heterocycles. The zero-order chi connectivity index (χ0) is 24.3. The quantitative estimate of drug-likeness (QED) is 0.671. The van der Waals surface area contributed by atoms with E-state index in [0.29, 0.717) is 30.0 Å². The lowest BCUT2D eigenvalue weighted by molar-refractivity contribution is 0.0649. The van der Waals surface area contributed by atoms with E-state index >= 15 is 0 Å². The number of aryl methyl sites for hydroxylation is 1. The number of nitrogens with one attached hydrogen (secondary N) is 1. The minimum atomic E-state index is -3.81. The van der Waals surface area contributed by atoms with Crippen LogP contribution in [0.2, 0.25) is 0 Å². The maximum absolute atomic E-state index is 13.0. The Morgan fingerprint density at radius 3 is 2.54 bits per heavy atom. The number of rotatable bonds is 6. The van der Waals surface area contributed by atoms with Crippen molar-refractivity contribution >= 4 is 39.7 Å². The average molecular weight is 492 g/mol. The summed E-state index contributed by atoms with van der Waals surface area (Å²) in [6.07, 6.45) is 8.53. The number of hydrogen-bond donors (Lipinski definition) is 1. The number of amides is 1. The van der Waals surface area contributed by atoms with Crippen LogP contribution in [0.15, 0.2) is 69.0 Å². The highest BCUT2D eigenvalue weighted by Crippen LogP contribution is 2.32. The number of aliphatic imine (C=N–C) groups is 2. The molecule has 0 atom stereocenters. The first-order valence-corrected chi connectivity index (χ1v) is 13.5. The number of para-hydroxylation sites is 1. The van der Waals surface area contributed by atoms with Crippen molar-refractivity contribution in [3.05, 3.63) is 65.2 Å². The molecule has 3 aliphatic heterocycles. The van der Waals surface area contributed by atoms with Crippen molar-refractivity contribution in [1.82, 2.24) is 9.80 Å². The predicted octanol–water partition coefficient (Wildman–Crippen LogP) is 3.29. The summed E-state index contributed by atoms with van der Waals surface area (Å²) in [5, 5.41) is 0.